The number of carbonyl (C=O) groups excluding carboxylic acids is 1. The van der Waals surface area contributed by atoms with Gasteiger partial charge < -0.3 is 9.47 Å². The molecule has 0 saturated carbocycles. The van der Waals surface area contributed by atoms with Crippen molar-refractivity contribution in [1.82, 2.24) is 15.0 Å². The molecule has 1 aromatic rings. The third kappa shape index (κ3) is 5.28. The molecule has 1 heterocycles. The number of hydrogen-bond donors (Lipinski definition) is 0. The highest BCUT2D eigenvalue weighted by Gasteiger charge is 2.23. The third-order valence-corrected chi connectivity index (χ3v) is 2.66. The maximum absolute atomic E-state index is 11.9. The topological polar surface area (TPSA) is 66.2 Å². The minimum atomic E-state index is -0.531. The van der Waals surface area contributed by atoms with E-state index in [1.165, 1.54) is 0 Å². The Hall–Kier alpha value is -1.43. The van der Waals surface area contributed by atoms with Crippen molar-refractivity contribution >= 4 is 5.97 Å². The molecule has 114 valence electrons. The molecule has 20 heavy (non-hydrogen) atoms. The van der Waals surface area contributed by atoms with Crippen molar-refractivity contribution in [2.24, 2.45) is 0 Å². The minimum Gasteiger partial charge on any atom is -0.455 e. The Kier molecular flexibility index (Phi) is 6.13. The van der Waals surface area contributed by atoms with Gasteiger partial charge in [0, 0.05) is 6.61 Å². The van der Waals surface area contributed by atoms with Crippen molar-refractivity contribution < 1.29 is 14.3 Å². The van der Waals surface area contributed by atoms with Gasteiger partial charge >= 0.3 is 5.97 Å². The molecule has 6 nitrogen and oxygen atoms in total. The van der Waals surface area contributed by atoms with Crippen LogP contribution in [0.25, 0.3) is 0 Å². The summed E-state index contributed by atoms with van der Waals surface area (Å²) in [6.07, 6.45) is 2.17. The molecule has 0 radical (unpaired) electrons. The van der Waals surface area contributed by atoms with Crippen molar-refractivity contribution in [3.63, 3.8) is 0 Å². The zero-order valence-electron chi connectivity index (χ0n) is 13.1. The summed E-state index contributed by atoms with van der Waals surface area (Å²) in [6.45, 7) is 11.3. The van der Waals surface area contributed by atoms with Gasteiger partial charge in [0.25, 0.3) is 0 Å². The molecule has 0 aliphatic carbocycles. The number of rotatable bonds is 7. The van der Waals surface area contributed by atoms with E-state index in [2.05, 4.69) is 17.2 Å². The molecule has 0 unspecified atom stereocenters. The average Bonchev–Trinajstić information content (AvgIpc) is 2.69. The van der Waals surface area contributed by atoms with Gasteiger partial charge in [-0.05, 0) is 34.1 Å². The van der Waals surface area contributed by atoms with Crippen molar-refractivity contribution in [3.05, 3.63) is 11.4 Å². The predicted molar refractivity (Wildman–Crippen MR) is 75.7 cm³/mol. The van der Waals surface area contributed by atoms with E-state index < -0.39 is 11.6 Å². The summed E-state index contributed by atoms with van der Waals surface area (Å²) in [5.41, 5.74) is 0.447. The lowest BCUT2D eigenvalue weighted by Crippen LogP contribution is -2.24. The Labute approximate surface area is 120 Å². The first-order valence-corrected chi connectivity index (χ1v) is 7.06. The van der Waals surface area contributed by atoms with E-state index in [1.54, 1.807) is 4.68 Å². The van der Waals surface area contributed by atoms with Gasteiger partial charge in [-0.1, -0.05) is 18.6 Å². The smallest absolute Gasteiger partial charge is 0.361 e. The molecule has 0 spiro atoms. The molecule has 0 N–H and O–H groups in total. The zero-order chi connectivity index (χ0) is 15.2. The number of carbonyl (C=O) groups is 1. The molecular weight excluding hydrogens is 258 g/mol. The number of unbranched alkanes of at least 4 members (excludes halogenated alkanes) is 1. The van der Waals surface area contributed by atoms with E-state index in [9.17, 15) is 4.79 Å². The van der Waals surface area contributed by atoms with Crippen LogP contribution >= 0.6 is 0 Å². The summed E-state index contributed by atoms with van der Waals surface area (Å²) in [4.78, 5) is 11.9. The number of ether oxygens (including phenoxy) is 2. The molecule has 0 fully saturated rings. The van der Waals surface area contributed by atoms with Crippen LogP contribution in [0.5, 0.6) is 0 Å². The molecule has 1 rings (SSSR count). The Bertz CT molecular complexity index is 435. The summed E-state index contributed by atoms with van der Waals surface area (Å²) in [7, 11) is 0. The van der Waals surface area contributed by atoms with Crippen LogP contribution in [0.2, 0.25) is 0 Å². The van der Waals surface area contributed by atoms with Crippen LogP contribution in [0.1, 0.15) is 56.7 Å². The fraction of sp³-hybridized carbons (Fsp3) is 0.786. The second kappa shape index (κ2) is 7.38. The minimum absolute atomic E-state index is 0.272. The number of hydrogen-bond acceptors (Lipinski definition) is 5. The molecule has 0 aromatic carbocycles. The van der Waals surface area contributed by atoms with E-state index in [4.69, 9.17) is 9.47 Å². The van der Waals surface area contributed by atoms with Crippen LogP contribution in [-0.2, 0) is 16.0 Å². The van der Waals surface area contributed by atoms with Crippen LogP contribution in [0, 0.1) is 6.92 Å². The lowest BCUT2D eigenvalue weighted by atomic mass is 10.2. The van der Waals surface area contributed by atoms with Gasteiger partial charge in [-0.25, -0.2) is 9.48 Å². The van der Waals surface area contributed by atoms with E-state index in [0.29, 0.717) is 18.8 Å². The molecule has 0 bridgehead atoms. The number of aromatic nitrogens is 3. The van der Waals surface area contributed by atoms with Crippen molar-refractivity contribution in [1.29, 1.82) is 0 Å². The fourth-order valence-electron chi connectivity index (χ4n) is 1.59. The second-order valence-electron chi connectivity index (χ2n) is 5.71. The van der Waals surface area contributed by atoms with Gasteiger partial charge in [0.2, 0.25) is 0 Å². The highest BCUT2D eigenvalue weighted by molar-refractivity contribution is 5.88. The SMILES string of the molecule is CCCCOCCn1nnc(C(=O)OC(C)(C)C)c1C. The van der Waals surface area contributed by atoms with Gasteiger partial charge in [-0.15, -0.1) is 5.10 Å². The first-order chi connectivity index (χ1) is 9.35. The van der Waals surface area contributed by atoms with Gasteiger partial charge in [0.05, 0.1) is 18.8 Å². The summed E-state index contributed by atoms with van der Waals surface area (Å²) in [5.74, 6) is -0.437. The fourth-order valence-corrected chi connectivity index (χ4v) is 1.59. The van der Waals surface area contributed by atoms with Crippen LogP contribution in [0.4, 0.5) is 0 Å². The van der Waals surface area contributed by atoms with E-state index in [0.717, 1.165) is 19.4 Å². The quantitative estimate of drug-likeness (QED) is 0.567. The average molecular weight is 283 g/mol. The van der Waals surface area contributed by atoms with Gasteiger partial charge in [-0.2, -0.15) is 0 Å². The van der Waals surface area contributed by atoms with Gasteiger partial charge in [0.1, 0.15) is 5.60 Å². The Morgan fingerprint density at radius 2 is 2.00 bits per heavy atom. The lowest BCUT2D eigenvalue weighted by molar-refractivity contribution is 0.00618. The Morgan fingerprint density at radius 1 is 1.30 bits per heavy atom. The van der Waals surface area contributed by atoms with E-state index in [1.807, 2.05) is 27.7 Å². The zero-order valence-corrected chi connectivity index (χ0v) is 13.1. The third-order valence-electron chi connectivity index (χ3n) is 2.66. The number of nitrogens with zero attached hydrogens (tertiary/aromatic N) is 3. The standard InChI is InChI=1S/C14H25N3O3/c1-6-7-9-19-10-8-17-11(2)12(15-16-17)13(18)20-14(3,4)5/h6-10H2,1-5H3. The summed E-state index contributed by atoms with van der Waals surface area (Å²) in [5, 5.41) is 7.87. The van der Waals surface area contributed by atoms with Crippen LogP contribution in [0.3, 0.4) is 0 Å². The summed E-state index contributed by atoms with van der Waals surface area (Å²) < 4.78 is 12.4. The van der Waals surface area contributed by atoms with Gasteiger partial charge in [-0.3, -0.25) is 0 Å². The van der Waals surface area contributed by atoms with Gasteiger partial charge in [0.15, 0.2) is 5.69 Å². The molecule has 0 saturated heterocycles. The Balaban J connectivity index is 2.54. The number of esters is 1. The highest BCUT2D eigenvalue weighted by atomic mass is 16.6. The normalized spacial score (nSPS) is 11.7. The van der Waals surface area contributed by atoms with Crippen LogP contribution in [-0.4, -0.2) is 39.8 Å². The summed E-state index contributed by atoms with van der Waals surface area (Å²) in [6, 6.07) is 0. The molecule has 0 aliphatic heterocycles. The van der Waals surface area contributed by atoms with Crippen LogP contribution in [0.15, 0.2) is 0 Å². The Morgan fingerprint density at radius 3 is 2.60 bits per heavy atom. The lowest BCUT2D eigenvalue weighted by Gasteiger charge is -2.18. The summed E-state index contributed by atoms with van der Waals surface area (Å²) >= 11 is 0. The predicted octanol–water partition coefficient (Wildman–Crippen LogP) is 2.36. The highest BCUT2D eigenvalue weighted by Crippen LogP contribution is 2.13. The van der Waals surface area contributed by atoms with E-state index >= 15 is 0 Å². The molecule has 1 aromatic heterocycles. The second-order valence-corrected chi connectivity index (χ2v) is 5.71. The first-order valence-electron chi connectivity index (χ1n) is 7.06. The van der Waals surface area contributed by atoms with Crippen LogP contribution < -0.4 is 0 Å². The maximum Gasteiger partial charge on any atom is 0.361 e. The molecule has 0 aliphatic rings. The van der Waals surface area contributed by atoms with Crippen molar-refractivity contribution in [2.45, 2.75) is 59.6 Å². The first kappa shape index (κ1) is 16.6. The molecule has 0 atom stereocenters. The molecule has 6 heteroatoms. The van der Waals surface area contributed by atoms with E-state index in [-0.39, 0.29) is 5.69 Å². The van der Waals surface area contributed by atoms with Crippen molar-refractivity contribution in [2.75, 3.05) is 13.2 Å². The monoisotopic (exact) mass is 283 g/mol. The maximum atomic E-state index is 11.9. The molecule has 0 amide bonds. The largest absolute Gasteiger partial charge is 0.455 e. The molecular formula is C14H25N3O3. The van der Waals surface area contributed by atoms with Crippen molar-refractivity contribution in [3.8, 4) is 0 Å².